The molecule has 0 aliphatic rings. The fourth-order valence-corrected chi connectivity index (χ4v) is 1.46. The molecule has 1 aromatic heterocycles. The molecule has 0 saturated carbocycles. The van der Waals surface area contributed by atoms with Crippen LogP contribution in [0, 0.1) is 0 Å². The molecule has 1 heterocycles. The van der Waals surface area contributed by atoms with Crippen molar-refractivity contribution in [3.63, 3.8) is 0 Å². The van der Waals surface area contributed by atoms with E-state index in [4.69, 9.17) is 23.2 Å². The standard InChI is InChI=1S/C10H6Cl2N3.Y/c11-8-6-9(12)15-10(14-8)13-7-4-2-1-3-5-7;/h1-6H;/q-1;. The zero-order valence-corrected chi connectivity index (χ0v) is 12.5. The third-order valence-corrected chi connectivity index (χ3v) is 2.02. The first-order valence-electron chi connectivity index (χ1n) is 4.21. The quantitative estimate of drug-likeness (QED) is 0.778. The molecule has 0 amide bonds. The average molecular weight is 328 g/mol. The molecule has 1 aromatic carbocycles. The molecule has 0 spiro atoms. The number of hydrogen-bond acceptors (Lipinski definition) is 2. The van der Waals surface area contributed by atoms with Gasteiger partial charge in [0.25, 0.3) is 0 Å². The van der Waals surface area contributed by atoms with E-state index in [-0.39, 0.29) is 49.0 Å². The van der Waals surface area contributed by atoms with E-state index in [1.54, 1.807) is 0 Å². The predicted molar refractivity (Wildman–Crippen MR) is 61.2 cm³/mol. The molecule has 0 N–H and O–H groups in total. The van der Waals surface area contributed by atoms with Gasteiger partial charge in [-0.1, -0.05) is 53.5 Å². The van der Waals surface area contributed by atoms with E-state index >= 15 is 0 Å². The third-order valence-electron chi connectivity index (χ3n) is 1.64. The molecule has 0 saturated heterocycles. The van der Waals surface area contributed by atoms with Gasteiger partial charge < -0.3 is 15.3 Å². The number of rotatable bonds is 2. The van der Waals surface area contributed by atoms with Crippen molar-refractivity contribution < 1.29 is 32.7 Å². The van der Waals surface area contributed by atoms with Gasteiger partial charge in [-0.05, 0) is 11.8 Å². The summed E-state index contributed by atoms with van der Waals surface area (Å²) in [7, 11) is 0. The van der Waals surface area contributed by atoms with E-state index < -0.39 is 0 Å². The van der Waals surface area contributed by atoms with Crippen LogP contribution in [0.4, 0.5) is 11.6 Å². The van der Waals surface area contributed by atoms with Gasteiger partial charge in [-0.2, -0.15) is 0 Å². The largest absolute Gasteiger partial charge is 0.359 e. The van der Waals surface area contributed by atoms with E-state index in [0.29, 0.717) is 0 Å². The van der Waals surface area contributed by atoms with Crippen molar-refractivity contribution in [3.05, 3.63) is 52.0 Å². The van der Waals surface area contributed by atoms with Crippen LogP contribution >= 0.6 is 23.2 Å². The molecule has 0 atom stereocenters. The van der Waals surface area contributed by atoms with Gasteiger partial charge in [-0.3, -0.25) is 0 Å². The Labute approximate surface area is 128 Å². The molecule has 0 unspecified atom stereocenters. The smallest absolute Gasteiger partial charge is 0.0619 e. The van der Waals surface area contributed by atoms with Crippen molar-refractivity contribution in [2.24, 2.45) is 0 Å². The molecule has 79 valence electrons. The SMILES string of the molecule is Clc1cc(Cl)nc([N-]c2ccccc2)n1.[Y]. The maximum absolute atomic E-state index is 5.72. The van der Waals surface area contributed by atoms with Crippen LogP contribution in [-0.4, -0.2) is 9.97 Å². The fourth-order valence-electron chi connectivity index (χ4n) is 1.05. The topological polar surface area (TPSA) is 39.9 Å². The van der Waals surface area contributed by atoms with Crippen LogP contribution in [0.15, 0.2) is 36.4 Å². The van der Waals surface area contributed by atoms with Gasteiger partial charge in [-0.25, -0.2) is 0 Å². The van der Waals surface area contributed by atoms with Crippen molar-refractivity contribution in [1.29, 1.82) is 0 Å². The Balaban J connectivity index is 0.00000128. The summed E-state index contributed by atoms with van der Waals surface area (Å²) in [6.07, 6.45) is 0. The second kappa shape index (κ2) is 6.50. The number of nitrogens with zero attached hydrogens (tertiary/aromatic N) is 3. The summed E-state index contributed by atoms with van der Waals surface area (Å²) in [5.41, 5.74) is 0.760. The Kier molecular flexibility index (Phi) is 5.63. The molecule has 0 fully saturated rings. The Bertz CT molecular complexity index is 445. The maximum Gasteiger partial charge on any atom is 0.0619 e. The van der Waals surface area contributed by atoms with Gasteiger partial charge in [0.05, 0.1) is 10.3 Å². The van der Waals surface area contributed by atoms with E-state index in [9.17, 15) is 0 Å². The number of benzene rings is 1. The number of para-hydroxylation sites is 1. The molecule has 16 heavy (non-hydrogen) atoms. The van der Waals surface area contributed by atoms with Crippen molar-refractivity contribution in [1.82, 2.24) is 9.97 Å². The van der Waals surface area contributed by atoms with E-state index in [2.05, 4.69) is 15.3 Å². The van der Waals surface area contributed by atoms with Crippen LogP contribution in [-0.2, 0) is 32.7 Å². The van der Waals surface area contributed by atoms with Crippen LogP contribution < -0.4 is 0 Å². The Morgan fingerprint density at radius 1 is 0.938 bits per heavy atom. The van der Waals surface area contributed by atoms with E-state index in [1.807, 2.05) is 30.3 Å². The summed E-state index contributed by atoms with van der Waals surface area (Å²) in [6.45, 7) is 0. The Hall–Kier alpha value is -0.216. The van der Waals surface area contributed by atoms with Gasteiger partial charge in [0.2, 0.25) is 0 Å². The van der Waals surface area contributed by atoms with Crippen LogP contribution in [0.1, 0.15) is 0 Å². The Morgan fingerprint density at radius 3 is 2.06 bits per heavy atom. The summed E-state index contributed by atoms with van der Waals surface area (Å²) in [4.78, 5) is 7.87. The van der Waals surface area contributed by atoms with Crippen molar-refractivity contribution in [2.75, 3.05) is 0 Å². The first-order chi connectivity index (χ1) is 7.24. The first kappa shape index (κ1) is 13.8. The van der Waals surface area contributed by atoms with Crippen LogP contribution in [0.3, 0.4) is 0 Å². The monoisotopic (exact) mass is 327 g/mol. The second-order valence-electron chi connectivity index (χ2n) is 2.76. The van der Waals surface area contributed by atoms with Crippen LogP contribution in [0.2, 0.25) is 10.3 Å². The summed E-state index contributed by atoms with van der Waals surface area (Å²) in [6, 6.07) is 10.8. The zero-order valence-electron chi connectivity index (χ0n) is 8.14. The molecule has 3 nitrogen and oxygen atoms in total. The summed E-state index contributed by atoms with van der Waals surface area (Å²) in [5.74, 6) is 0.263. The molecular formula is C10H6Cl2N3Y-. The molecule has 0 aliphatic carbocycles. The molecular weight excluding hydrogens is 322 g/mol. The third kappa shape index (κ3) is 3.98. The van der Waals surface area contributed by atoms with Crippen molar-refractivity contribution in [3.8, 4) is 0 Å². The average Bonchev–Trinajstić information content (AvgIpc) is 2.17. The normalized spacial score (nSPS) is 9.38. The maximum atomic E-state index is 5.72. The van der Waals surface area contributed by atoms with Crippen LogP contribution in [0.5, 0.6) is 0 Å². The molecule has 0 aliphatic heterocycles. The summed E-state index contributed by atoms with van der Waals surface area (Å²) in [5, 5.41) is 4.74. The van der Waals surface area contributed by atoms with Crippen molar-refractivity contribution >= 4 is 34.8 Å². The molecule has 6 heteroatoms. The van der Waals surface area contributed by atoms with E-state index in [0.717, 1.165) is 5.69 Å². The Morgan fingerprint density at radius 2 is 1.50 bits per heavy atom. The predicted octanol–water partition coefficient (Wildman–Crippen LogP) is 4.12. The van der Waals surface area contributed by atoms with Crippen molar-refractivity contribution in [2.45, 2.75) is 0 Å². The van der Waals surface area contributed by atoms with Gasteiger partial charge in [-0.15, -0.1) is 0 Å². The van der Waals surface area contributed by atoms with Gasteiger partial charge >= 0.3 is 0 Å². The fraction of sp³-hybridized carbons (Fsp3) is 0. The molecule has 1 radical (unpaired) electrons. The van der Waals surface area contributed by atoms with Gasteiger partial charge in [0.1, 0.15) is 0 Å². The minimum atomic E-state index is 0. The first-order valence-corrected chi connectivity index (χ1v) is 4.96. The summed E-state index contributed by atoms with van der Waals surface area (Å²) < 4.78 is 0. The molecule has 2 rings (SSSR count). The molecule has 0 bridgehead atoms. The van der Waals surface area contributed by atoms with Crippen LogP contribution in [0.25, 0.3) is 5.32 Å². The number of halogens is 2. The molecule has 2 aromatic rings. The summed E-state index contributed by atoms with van der Waals surface area (Å²) >= 11 is 11.4. The van der Waals surface area contributed by atoms with Gasteiger partial charge in [0, 0.05) is 38.7 Å². The second-order valence-corrected chi connectivity index (χ2v) is 3.54. The number of hydrogen-bond donors (Lipinski definition) is 0. The van der Waals surface area contributed by atoms with E-state index in [1.165, 1.54) is 6.07 Å². The number of aromatic nitrogens is 2. The minimum Gasteiger partial charge on any atom is -0.359 e. The minimum absolute atomic E-state index is 0. The zero-order chi connectivity index (χ0) is 10.7. The van der Waals surface area contributed by atoms with Gasteiger partial charge in [0.15, 0.2) is 0 Å².